The topological polar surface area (TPSA) is 13.0 Å². The summed E-state index contributed by atoms with van der Waals surface area (Å²) in [5, 5.41) is 2.78. The van der Waals surface area contributed by atoms with Crippen LogP contribution in [0.3, 0.4) is 0 Å². The molecule has 0 saturated heterocycles. The Hall–Kier alpha value is -9.33. The van der Waals surface area contributed by atoms with E-state index in [9.17, 15) is 0 Å². The second-order valence-corrected chi connectivity index (χ2v) is 58.2. The van der Waals surface area contributed by atoms with Crippen molar-refractivity contribution in [2.45, 2.75) is 388 Å². The van der Waals surface area contributed by atoms with Crippen LogP contribution in [0, 0.1) is 0 Å². The molecule has 21 rings (SSSR count). The summed E-state index contributed by atoms with van der Waals surface area (Å²) in [6.07, 6.45) is 11.2. The van der Waals surface area contributed by atoms with E-state index in [2.05, 4.69) is 473 Å². The van der Waals surface area contributed by atoms with E-state index in [0.29, 0.717) is 0 Å². The molecule has 1 atom stereocenters. The Morgan fingerprint density at radius 3 is 1.03 bits per heavy atom. The zero-order valence-corrected chi connectivity index (χ0v) is 92.4. The van der Waals surface area contributed by atoms with Crippen LogP contribution in [-0.4, -0.2) is 13.4 Å². The molecule has 714 valence electrons. The number of para-hydroxylation sites is 1. The number of rotatable bonds is 9. The zero-order chi connectivity index (χ0) is 98.9. The summed E-state index contributed by atoms with van der Waals surface area (Å²) in [6.45, 7) is 87.2. The molecule has 1 unspecified atom stereocenters. The van der Waals surface area contributed by atoms with E-state index in [4.69, 9.17) is 0 Å². The van der Waals surface area contributed by atoms with Crippen LogP contribution in [0.2, 0.25) is 0 Å². The average Bonchev–Trinajstić information content (AvgIpc) is 1.18. The Bertz CT molecular complexity index is 7210. The van der Waals surface area contributed by atoms with Crippen molar-refractivity contribution in [2.75, 3.05) is 19.6 Å². The Balaban J connectivity index is 0.764. The minimum absolute atomic E-state index is 0.00301. The normalized spacial score (nSPS) is 19.6. The molecule has 0 saturated carbocycles. The Kier molecular flexibility index (Phi) is 21.1. The summed E-state index contributed by atoms with van der Waals surface area (Å²) in [7, 11) is 0. The maximum absolute atomic E-state index is 2.89. The molecule has 0 spiro atoms. The summed E-state index contributed by atoms with van der Waals surface area (Å²) in [5.74, 6) is 0. The van der Waals surface area contributed by atoms with Gasteiger partial charge in [0, 0.05) is 86.5 Å². The molecular formula is C130H156B2N4S2. The van der Waals surface area contributed by atoms with Gasteiger partial charge in [-0.2, -0.15) is 0 Å². The fraction of sp³-hybridized carbons (Fsp3) is 0.462. The van der Waals surface area contributed by atoms with Crippen LogP contribution in [0.5, 0.6) is 0 Å². The Morgan fingerprint density at radius 2 is 0.594 bits per heavy atom. The maximum Gasteiger partial charge on any atom is 0.264 e. The zero-order valence-electron chi connectivity index (χ0n) is 90.7. The highest BCUT2D eigenvalue weighted by atomic mass is 32.1. The van der Waals surface area contributed by atoms with E-state index in [-0.39, 0.29) is 94.7 Å². The molecule has 4 nitrogen and oxygen atoms in total. The van der Waals surface area contributed by atoms with Gasteiger partial charge < -0.3 is 19.6 Å². The largest absolute Gasteiger partial charge is 0.311 e. The first-order chi connectivity index (χ1) is 64.0. The molecule has 8 aliphatic rings. The van der Waals surface area contributed by atoms with Gasteiger partial charge in [0.15, 0.2) is 0 Å². The van der Waals surface area contributed by atoms with Crippen molar-refractivity contribution in [1.29, 1.82) is 0 Å². The third-order valence-electron chi connectivity index (χ3n) is 36.0. The number of hydrogen-bond donors (Lipinski definition) is 0. The van der Waals surface area contributed by atoms with E-state index < -0.39 is 0 Å². The molecule has 2 aromatic heterocycles. The minimum atomic E-state index is -0.263. The highest BCUT2D eigenvalue weighted by Gasteiger charge is 2.54. The summed E-state index contributed by atoms with van der Waals surface area (Å²) in [4.78, 5) is 11.2. The van der Waals surface area contributed by atoms with Gasteiger partial charge >= 0.3 is 0 Å². The Labute approximate surface area is 839 Å². The van der Waals surface area contributed by atoms with Crippen LogP contribution in [0.4, 0.5) is 68.2 Å². The van der Waals surface area contributed by atoms with Gasteiger partial charge in [-0.1, -0.05) is 327 Å². The van der Waals surface area contributed by atoms with Crippen LogP contribution in [0.25, 0.3) is 31.3 Å². The SMILES string of the molecule is CC(C)(C)c1ccc(N2c3cc(C(C)(C)C)cc4c3B(c3cc5c(cc3N4c3ccccc3-c3ccccc3)C(C)(C)CCC5(C)C)c3sc4cc5c(cc4c32)C(C)(C)CCC5(C)CCC(C)(C)c2cc(N3c4cc(C(C)(C)C)cc5c4B(c4cc6c(cc4N5c4cc(C(C)(C)C)cc(C(C)(C)C)c4)C(C)(C)CCC6(C)C)c4sc5cc6c(cc5c43)C(C)(C)CCC6(C)C)cc(C(C)(C)C)c2)cc1. The quantitative estimate of drug-likeness (QED) is 0.134. The van der Waals surface area contributed by atoms with Gasteiger partial charge in [-0.3, -0.25) is 0 Å². The van der Waals surface area contributed by atoms with Crippen molar-refractivity contribution >= 4 is 156 Å². The third kappa shape index (κ3) is 15.0. The molecule has 13 aromatic rings. The molecular weight excluding hydrogens is 1700 g/mol. The number of thiophene rings is 2. The standard InChI is InChI=1S/C130H156B2N4S2/c1-116(2,3)78-45-47-85(48-46-78)134-105-66-83(121(16,17)18)68-107-111(105)132(100-72-94-96(127(29,30)53-51-125(94,25)26)74-103(100)136(107)101-44-40-39-43-88(101)77-41-37-36-38-42-77)114-112(134)90-70-92-98(76-109(90)138-114)130(35,58-56-129(92,33)34)57-55-122(19,20)84-60-81(119(10,11)12)63-87(64-84)135-106-67-82(120(13,14)15)65-104-110(106)131(115-113(135)89-69-91-97(75-108(89)137-115)128(31,32)54-49-123(91,21)22)99-71-93-95(126(27,28)52-50-124(93,23)24)73-102(99)133(104)86-61-79(117(4,5)6)59-80(62-86)118(7,8)9/h36-48,59-76H,49-58H2,1-35H3. The molecule has 8 heteroatoms. The second kappa shape index (κ2) is 30.6. The molecule has 0 amide bonds. The summed E-state index contributed by atoms with van der Waals surface area (Å²) in [5.41, 5.74) is 44.1. The van der Waals surface area contributed by atoms with E-state index in [1.54, 1.807) is 5.56 Å². The van der Waals surface area contributed by atoms with Crippen LogP contribution >= 0.6 is 22.7 Å². The van der Waals surface area contributed by atoms with Crippen LogP contribution in [0.1, 0.15) is 390 Å². The van der Waals surface area contributed by atoms with Crippen molar-refractivity contribution in [2.24, 2.45) is 0 Å². The lowest BCUT2D eigenvalue weighted by Gasteiger charge is -2.47. The molecule has 6 heterocycles. The number of hydrogen-bond acceptors (Lipinski definition) is 6. The van der Waals surface area contributed by atoms with Gasteiger partial charge in [0.25, 0.3) is 13.4 Å². The highest BCUT2D eigenvalue weighted by Crippen LogP contribution is 2.62. The van der Waals surface area contributed by atoms with E-state index in [1.807, 2.05) is 0 Å². The monoisotopic (exact) mass is 1860 g/mol. The molecule has 0 fully saturated rings. The molecule has 11 aromatic carbocycles. The molecule has 138 heavy (non-hydrogen) atoms. The van der Waals surface area contributed by atoms with Crippen LogP contribution < -0.4 is 51.0 Å². The van der Waals surface area contributed by atoms with Crippen molar-refractivity contribution in [1.82, 2.24) is 0 Å². The second-order valence-electron chi connectivity index (χ2n) is 56.0. The fourth-order valence-corrected chi connectivity index (χ4v) is 28.5. The van der Waals surface area contributed by atoms with E-state index in [0.717, 1.165) is 57.8 Å². The van der Waals surface area contributed by atoms with Crippen molar-refractivity contribution < 1.29 is 0 Å². The summed E-state index contributed by atoms with van der Waals surface area (Å²) < 4.78 is 5.72. The number of benzene rings is 11. The van der Waals surface area contributed by atoms with Gasteiger partial charge in [0.1, 0.15) is 0 Å². The van der Waals surface area contributed by atoms with Gasteiger partial charge in [-0.05, 0) is 359 Å². The third-order valence-corrected chi connectivity index (χ3v) is 38.5. The molecule has 0 N–H and O–H groups in total. The minimum Gasteiger partial charge on any atom is -0.311 e. The molecule has 0 bridgehead atoms. The molecule has 4 aliphatic heterocycles. The first kappa shape index (κ1) is 94.9. The highest BCUT2D eigenvalue weighted by molar-refractivity contribution is 7.34. The number of nitrogens with zero attached hydrogens (tertiary/aromatic N) is 4. The van der Waals surface area contributed by atoms with Gasteiger partial charge in [0.2, 0.25) is 0 Å². The smallest absolute Gasteiger partial charge is 0.264 e. The first-order valence-corrected chi connectivity index (χ1v) is 54.4. The summed E-state index contributed by atoms with van der Waals surface area (Å²) >= 11 is 4.22. The van der Waals surface area contributed by atoms with Crippen LogP contribution in [0.15, 0.2) is 188 Å². The van der Waals surface area contributed by atoms with Gasteiger partial charge in [-0.15, -0.1) is 22.7 Å². The number of fused-ring (bicyclic) bond motifs is 16. The lowest BCUT2D eigenvalue weighted by atomic mass is 9.35. The van der Waals surface area contributed by atoms with E-state index >= 15 is 0 Å². The van der Waals surface area contributed by atoms with E-state index in [1.165, 1.54) is 215 Å². The van der Waals surface area contributed by atoms with Crippen molar-refractivity contribution in [3.63, 3.8) is 0 Å². The summed E-state index contributed by atoms with van der Waals surface area (Å²) in [6, 6.07) is 78.7. The molecule has 4 aliphatic carbocycles. The fourth-order valence-electron chi connectivity index (χ4n) is 25.8. The lowest BCUT2D eigenvalue weighted by Crippen LogP contribution is -2.61. The number of anilines is 12. The predicted octanol–water partition coefficient (Wildman–Crippen LogP) is 33.9. The van der Waals surface area contributed by atoms with Crippen LogP contribution in [-0.2, 0) is 81.2 Å². The molecule has 0 radical (unpaired) electrons. The first-order valence-electron chi connectivity index (χ1n) is 52.7. The van der Waals surface area contributed by atoms with Gasteiger partial charge in [0.05, 0.1) is 17.1 Å². The van der Waals surface area contributed by atoms with Crippen molar-refractivity contribution in [3.8, 4) is 11.1 Å². The maximum atomic E-state index is 2.89. The van der Waals surface area contributed by atoms with Gasteiger partial charge in [-0.25, -0.2) is 0 Å². The lowest BCUT2D eigenvalue weighted by molar-refractivity contribution is 0.272. The Morgan fingerprint density at radius 1 is 0.268 bits per heavy atom. The van der Waals surface area contributed by atoms with Crippen molar-refractivity contribution in [3.05, 3.63) is 272 Å². The average molecular weight is 1860 g/mol. The predicted molar refractivity (Wildman–Crippen MR) is 607 cm³/mol.